The number of thiophene rings is 1. The average molecular weight is 296 g/mol. The zero-order valence-electron chi connectivity index (χ0n) is 9.02. The third-order valence-corrected chi connectivity index (χ3v) is 3.92. The molecule has 0 fully saturated rings. The molecule has 1 N–H and O–H groups in total. The third kappa shape index (κ3) is 2.14. The molecule has 3 rings (SSSR count). The van der Waals surface area contributed by atoms with E-state index in [2.05, 4.69) is 15.2 Å². The van der Waals surface area contributed by atoms with Crippen LogP contribution >= 0.6 is 34.5 Å². The zero-order valence-corrected chi connectivity index (χ0v) is 11.4. The Labute approximate surface area is 117 Å². The van der Waals surface area contributed by atoms with Crippen LogP contribution in [-0.2, 0) is 0 Å². The summed E-state index contributed by atoms with van der Waals surface area (Å²) in [6.07, 6.45) is 0. The minimum absolute atomic E-state index is 0.607. The van der Waals surface area contributed by atoms with Crippen LogP contribution < -0.4 is 0 Å². The molecule has 0 aliphatic carbocycles. The Bertz CT molecular complexity index is 676. The molecule has 0 amide bonds. The Morgan fingerprint density at radius 2 is 1.89 bits per heavy atom. The van der Waals surface area contributed by atoms with E-state index in [9.17, 15) is 0 Å². The number of H-pyrrole nitrogens is 1. The van der Waals surface area contributed by atoms with Gasteiger partial charge in [0.2, 0.25) is 0 Å². The minimum Gasteiger partial charge on any atom is -0.259 e. The molecule has 2 aromatic heterocycles. The summed E-state index contributed by atoms with van der Waals surface area (Å²) in [5.74, 6) is 1.27. The summed E-state index contributed by atoms with van der Waals surface area (Å²) in [7, 11) is 0. The Morgan fingerprint density at radius 3 is 2.56 bits per heavy atom. The first-order valence-electron chi connectivity index (χ1n) is 5.17. The maximum Gasteiger partial charge on any atom is 0.181 e. The molecule has 0 aliphatic heterocycles. The van der Waals surface area contributed by atoms with Crippen LogP contribution in [0.25, 0.3) is 22.8 Å². The Morgan fingerprint density at radius 1 is 1.11 bits per heavy atom. The summed E-state index contributed by atoms with van der Waals surface area (Å²) in [4.78, 5) is 4.42. The van der Waals surface area contributed by atoms with Crippen molar-refractivity contribution in [3.05, 3.63) is 45.1 Å². The van der Waals surface area contributed by atoms with Crippen molar-refractivity contribution in [2.45, 2.75) is 0 Å². The first-order valence-corrected chi connectivity index (χ1v) is 6.74. The lowest BCUT2D eigenvalue weighted by Crippen LogP contribution is -1.79. The van der Waals surface area contributed by atoms with E-state index in [1.54, 1.807) is 6.07 Å². The fraction of sp³-hybridized carbons (Fsp3) is 0. The van der Waals surface area contributed by atoms with Crippen LogP contribution in [0.3, 0.4) is 0 Å². The van der Waals surface area contributed by atoms with Crippen molar-refractivity contribution in [1.29, 1.82) is 0 Å². The largest absolute Gasteiger partial charge is 0.259 e. The van der Waals surface area contributed by atoms with Crippen molar-refractivity contribution < 1.29 is 0 Å². The van der Waals surface area contributed by atoms with Gasteiger partial charge >= 0.3 is 0 Å². The monoisotopic (exact) mass is 295 g/mol. The zero-order chi connectivity index (χ0) is 12.5. The number of hydrogen-bond donors (Lipinski definition) is 1. The highest BCUT2D eigenvalue weighted by atomic mass is 35.5. The highest BCUT2D eigenvalue weighted by molar-refractivity contribution is 7.20. The molecule has 0 spiro atoms. The normalized spacial score (nSPS) is 10.8. The number of aromatic amines is 1. The molecular formula is C12H7Cl2N3S. The van der Waals surface area contributed by atoms with Crippen LogP contribution in [0.1, 0.15) is 0 Å². The molecule has 3 nitrogen and oxygen atoms in total. The van der Waals surface area contributed by atoms with E-state index in [0.717, 1.165) is 11.1 Å². The van der Waals surface area contributed by atoms with Crippen LogP contribution in [0.2, 0.25) is 8.67 Å². The molecule has 0 atom stereocenters. The van der Waals surface area contributed by atoms with Crippen molar-refractivity contribution in [3.8, 4) is 22.8 Å². The summed E-state index contributed by atoms with van der Waals surface area (Å²) < 4.78 is 1.24. The number of aromatic nitrogens is 3. The first-order chi connectivity index (χ1) is 8.74. The van der Waals surface area contributed by atoms with Gasteiger partial charge in [-0.25, -0.2) is 4.98 Å². The second-order valence-corrected chi connectivity index (χ2v) is 5.90. The number of hydrogen-bond acceptors (Lipinski definition) is 3. The molecule has 0 aliphatic rings. The molecule has 6 heteroatoms. The number of nitrogens with one attached hydrogen (secondary N) is 1. The maximum atomic E-state index is 6.08. The van der Waals surface area contributed by atoms with Crippen LogP contribution in [0.4, 0.5) is 0 Å². The summed E-state index contributed by atoms with van der Waals surface area (Å²) >= 11 is 13.3. The Balaban J connectivity index is 2.02. The van der Waals surface area contributed by atoms with Crippen molar-refractivity contribution in [3.63, 3.8) is 0 Å². The van der Waals surface area contributed by atoms with Crippen molar-refractivity contribution >= 4 is 34.5 Å². The molecule has 1 aromatic carbocycles. The standard InChI is InChI=1S/C12H7Cl2N3S/c13-9-6-8(10(14)18-9)12-15-11(16-17-12)7-4-2-1-3-5-7/h1-6H,(H,15,16,17). The summed E-state index contributed by atoms with van der Waals surface area (Å²) in [6, 6.07) is 11.5. The van der Waals surface area contributed by atoms with E-state index in [4.69, 9.17) is 23.2 Å². The van der Waals surface area contributed by atoms with Gasteiger partial charge in [-0.05, 0) is 6.07 Å². The minimum atomic E-state index is 0.607. The quantitative estimate of drug-likeness (QED) is 0.756. The van der Waals surface area contributed by atoms with Gasteiger partial charge in [-0.3, -0.25) is 5.10 Å². The van der Waals surface area contributed by atoms with Gasteiger partial charge in [-0.2, -0.15) is 5.10 Å². The van der Waals surface area contributed by atoms with E-state index < -0.39 is 0 Å². The van der Waals surface area contributed by atoms with Gasteiger partial charge in [0, 0.05) is 11.1 Å². The van der Waals surface area contributed by atoms with E-state index in [-0.39, 0.29) is 0 Å². The van der Waals surface area contributed by atoms with Gasteiger partial charge in [-0.15, -0.1) is 11.3 Å². The lowest BCUT2D eigenvalue weighted by atomic mass is 10.2. The average Bonchev–Trinajstić information content (AvgIpc) is 2.97. The SMILES string of the molecule is Clc1cc(-c2nc(-c3ccccc3)n[nH]2)c(Cl)s1. The fourth-order valence-corrected chi connectivity index (χ4v) is 3.07. The molecule has 0 saturated carbocycles. The van der Waals surface area contributed by atoms with Crippen LogP contribution in [0, 0.1) is 0 Å². The number of benzene rings is 1. The van der Waals surface area contributed by atoms with Crippen LogP contribution in [0.5, 0.6) is 0 Å². The highest BCUT2D eigenvalue weighted by Crippen LogP contribution is 2.36. The van der Waals surface area contributed by atoms with E-state index in [0.29, 0.717) is 20.3 Å². The lowest BCUT2D eigenvalue weighted by molar-refractivity contribution is 1.10. The van der Waals surface area contributed by atoms with Gasteiger partial charge in [-0.1, -0.05) is 53.5 Å². The number of rotatable bonds is 2. The summed E-state index contributed by atoms with van der Waals surface area (Å²) in [5.41, 5.74) is 1.73. The number of halogens is 2. The molecule has 0 unspecified atom stereocenters. The summed E-state index contributed by atoms with van der Waals surface area (Å²) in [5, 5.41) is 7.06. The van der Waals surface area contributed by atoms with Gasteiger partial charge < -0.3 is 0 Å². The molecule has 18 heavy (non-hydrogen) atoms. The Kier molecular flexibility index (Phi) is 3.07. The van der Waals surface area contributed by atoms with Crippen LogP contribution in [-0.4, -0.2) is 15.2 Å². The maximum absolute atomic E-state index is 6.08. The van der Waals surface area contributed by atoms with Gasteiger partial charge in [0.15, 0.2) is 11.6 Å². The third-order valence-electron chi connectivity index (χ3n) is 2.43. The van der Waals surface area contributed by atoms with Gasteiger partial charge in [0.25, 0.3) is 0 Å². The lowest BCUT2D eigenvalue weighted by Gasteiger charge is -1.92. The van der Waals surface area contributed by atoms with Crippen molar-refractivity contribution in [2.24, 2.45) is 0 Å². The predicted octanol–water partition coefficient (Wildman–Crippen LogP) is 4.51. The van der Waals surface area contributed by atoms with Gasteiger partial charge in [0.05, 0.1) is 4.34 Å². The van der Waals surface area contributed by atoms with E-state index >= 15 is 0 Å². The molecule has 3 aromatic rings. The topological polar surface area (TPSA) is 41.6 Å². The van der Waals surface area contributed by atoms with Crippen molar-refractivity contribution in [2.75, 3.05) is 0 Å². The van der Waals surface area contributed by atoms with E-state index in [1.165, 1.54) is 11.3 Å². The highest BCUT2D eigenvalue weighted by Gasteiger charge is 2.13. The summed E-state index contributed by atoms with van der Waals surface area (Å²) in [6.45, 7) is 0. The molecule has 0 saturated heterocycles. The fourth-order valence-electron chi connectivity index (χ4n) is 1.60. The Hall–Kier alpha value is -1.36. The van der Waals surface area contributed by atoms with Crippen molar-refractivity contribution in [1.82, 2.24) is 15.2 Å². The van der Waals surface area contributed by atoms with Gasteiger partial charge in [0.1, 0.15) is 4.34 Å². The molecule has 0 bridgehead atoms. The number of nitrogens with zero attached hydrogens (tertiary/aromatic N) is 2. The molecular weight excluding hydrogens is 289 g/mol. The predicted molar refractivity (Wildman–Crippen MR) is 75.2 cm³/mol. The molecule has 2 heterocycles. The molecule has 0 radical (unpaired) electrons. The first kappa shape index (κ1) is 11.7. The second-order valence-electron chi connectivity index (χ2n) is 3.61. The second kappa shape index (κ2) is 4.72. The smallest absolute Gasteiger partial charge is 0.181 e. The molecule has 90 valence electrons. The van der Waals surface area contributed by atoms with Crippen LogP contribution in [0.15, 0.2) is 36.4 Å². The van der Waals surface area contributed by atoms with E-state index in [1.807, 2.05) is 30.3 Å².